The Morgan fingerprint density at radius 3 is 2.62 bits per heavy atom. The number of esters is 1. The van der Waals surface area contributed by atoms with Gasteiger partial charge in [-0.1, -0.05) is 12.1 Å². The number of pyridine rings is 1. The van der Waals surface area contributed by atoms with Crippen molar-refractivity contribution in [2.24, 2.45) is 0 Å². The van der Waals surface area contributed by atoms with E-state index in [1.54, 1.807) is 6.92 Å². The van der Waals surface area contributed by atoms with Gasteiger partial charge < -0.3 is 10.1 Å². The topological polar surface area (TPSA) is 94.4 Å². The van der Waals surface area contributed by atoms with Gasteiger partial charge in [0.15, 0.2) is 0 Å². The molecular formula is C16H16FN3O4. The highest BCUT2D eigenvalue weighted by molar-refractivity contribution is 5.79. The van der Waals surface area contributed by atoms with Crippen LogP contribution in [0.3, 0.4) is 0 Å². The predicted octanol–water partition coefficient (Wildman–Crippen LogP) is 2.81. The summed E-state index contributed by atoms with van der Waals surface area (Å²) in [5.74, 6) is -1.65. The van der Waals surface area contributed by atoms with Crippen molar-refractivity contribution >= 4 is 17.5 Å². The lowest BCUT2D eigenvalue weighted by molar-refractivity contribution is -0.384. The number of hydrogen-bond acceptors (Lipinski definition) is 6. The van der Waals surface area contributed by atoms with E-state index in [0.29, 0.717) is 11.1 Å². The van der Waals surface area contributed by atoms with Crippen LogP contribution in [-0.4, -0.2) is 29.5 Å². The van der Waals surface area contributed by atoms with Gasteiger partial charge in [-0.25, -0.2) is 9.37 Å². The fraction of sp³-hybridized carbons (Fsp3) is 0.250. The molecule has 0 aliphatic carbocycles. The molecule has 24 heavy (non-hydrogen) atoms. The lowest BCUT2D eigenvalue weighted by Gasteiger charge is -2.16. The van der Waals surface area contributed by atoms with Gasteiger partial charge in [0.2, 0.25) is 5.82 Å². The van der Waals surface area contributed by atoms with E-state index in [-0.39, 0.29) is 18.1 Å². The third-order valence-corrected chi connectivity index (χ3v) is 3.54. The second-order valence-electron chi connectivity index (χ2n) is 5.09. The summed E-state index contributed by atoms with van der Waals surface area (Å²) in [6.07, 6.45) is 1.44. The molecule has 1 N–H and O–H groups in total. The molecule has 0 saturated carbocycles. The van der Waals surface area contributed by atoms with Gasteiger partial charge in [0.05, 0.1) is 18.0 Å². The minimum absolute atomic E-state index is 0.0234. The number of hydrogen-bond donors (Lipinski definition) is 1. The first-order chi connectivity index (χ1) is 11.4. The van der Waals surface area contributed by atoms with Crippen molar-refractivity contribution in [3.05, 3.63) is 63.6 Å². The van der Waals surface area contributed by atoms with Crippen molar-refractivity contribution in [2.75, 3.05) is 19.0 Å². The van der Waals surface area contributed by atoms with Crippen LogP contribution in [0.25, 0.3) is 0 Å². The summed E-state index contributed by atoms with van der Waals surface area (Å²) in [5, 5.41) is 14.0. The van der Waals surface area contributed by atoms with Crippen LogP contribution in [0.4, 0.5) is 15.9 Å². The molecule has 0 fully saturated rings. The Morgan fingerprint density at radius 2 is 2.04 bits per heavy atom. The van der Waals surface area contributed by atoms with E-state index < -0.39 is 22.6 Å². The van der Waals surface area contributed by atoms with Crippen LogP contribution in [0.15, 0.2) is 36.5 Å². The van der Waals surface area contributed by atoms with Gasteiger partial charge in [-0.15, -0.1) is 0 Å². The van der Waals surface area contributed by atoms with Crippen LogP contribution in [0, 0.1) is 22.9 Å². The quantitative estimate of drug-likeness (QED) is 0.496. The maximum absolute atomic E-state index is 13.1. The number of aryl methyl sites for hydroxylation is 1. The number of ether oxygens (including phenoxy) is 1. The van der Waals surface area contributed by atoms with Gasteiger partial charge in [-0.2, -0.15) is 0 Å². The summed E-state index contributed by atoms with van der Waals surface area (Å²) in [7, 11) is 1.24. The van der Waals surface area contributed by atoms with Crippen LogP contribution in [0.1, 0.15) is 17.0 Å². The monoisotopic (exact) mass is 333 g/mol. The second kappa shape index (κ2) is 7.49. The van der Waals surface area contributed by atoms with E-state index in [0.717, 1.165) is 0 Å². The largest absolute Gasteiger partial charge is 0.468 e. The first-order valence-corrected chi connectivity index (χ1v) is 7.11. The predicted molar refractivity (Wildman–Crippen MR) is 85.3 cm³/mol. The van der Waals surface area contributed by atoms with Crippen molar-refractivity contribution in [3.8, 4) is 0 Å². The Bertz CT molecular complexity index is 749. The number of nitrogens with one attached hydrogen (secondary N) is 1. The lowest BCUT2D eigenvalue weighted by atomic mass is 9.99. The first-order valence-electron chi connectivity index (χ1n) is 7.11. The van der Waals surface area contributed by atoms with E-state index in [9.17, 15) is 19.3 Å². The van der Waals surface area contributed by atoms with Gasteiger partial charge in [-0.05, 0) is 30.7 Å². The highest BCUT2D eigenvalue weighted by Gasteiger charge is 2.24. The van der Waals surface area contributed by atoms with E-state index >= 15 is 0 Å². The second-order valence-corrected chi connectivity index (χ2v) is 5.09. The van der Waals surface area contributed by atoms with Crippen LogP contribution < -0.4 is 5.32 Å². The Balaban J connectivity index is 2.26. The number of methoxy groups -OCH3 is 1. The molecule has 2 rings (SSSR count). The number of carbonyl (C=O) groups is 1. The van der Waals surface area contributed by atoms with Crippen LogP contribution in [0.2, 0.25) is 0 Å². The average molecular weight is 333 g/mol. The fourth-order valence-corrected chi connectivity index (χ4v) is 2.28. The number of carbonyl (C=O) groups excluding carboxylic acids is 1. The first kappa shape index (κ1) is 17.3. The molecular weight excluding hydrogens is 317 g/mol. The Hall–Kier alpha value is -3.03. The molecule has 1 unspecified atom stereocenters. The molecule has 0 spiro atoms. The summed E-state index contributed by atoms with van der Waals surface area (Å²) in [6.45, 7) is 1.62. The van der Waals surface area contributed by atoms with E-state index in [1.807, 2.05) is 0 Å². The molecule has 0 saturated heterocycles. The summed E-state index contributed by atoms with van der Waals surface area (Å²) >= 11 is 0. The number of nitro groups is 1. The van der Waals surface area contributed by atoms with Crippen molar-refractivity contribution in [1.82, 2.24) is 4.98 Å². The normalized spacial score (nSPS) is 11.6. The SMILES string of the molecule is COC(=O)C(CNc1nccc(C)c1[N+](=O)[O-])c1ccc(F)cc1. The van der Waals surface area contributed by atoms with Crippen molar-refractivity contribution < 1.29 is 18.8 Å². The molecule has 0 bridgehead atoms. The van der Waals surface area contributed by atoms with Crippen LogP contribution >= 0.6 is 0 Å². The molecule has 0 aliphatic heterocycles. The van der Waals surface area contributed by atoms with Crippen LogP contribution in [0.5, 0.6) is 0 Å². The molecule has 126 valence electrons. The number of rotatable bonds is 6. The van der Waals surface area contributed by atoms with E-state index in [2.05, 4.69) is 10.3 Å². The zero-order valence-corrected chi connectivity index (χ0v) is 13.2. The molecule has 8 heteroatoms. The number of aromatic nitrogens is 1. The third-order valence-electron chi connectivity index (χ3n) is 3.54. The zero-order chi connectivity index (χ0) is 17.7. The van der Waals surface area contributed by atoms with Gasteiger partial charge >= 0.3 is 11.7 Å². The molecule has 7 nitrogen and oxygen atoms in total. The summed E-state index contributed by atoms with van der Waals surface area (Å²) < 4.78 is 17.8. The summed E-state index contributed by atoms with van der Waals surface area (Å²) in [6, 6.07) is 6.94. The average Bonchev–Trinajstić information content (AvgIpc) is 2.56. The lowest BCUT2D eigenvalue weighted by Crippen LogP contribution is -2.23. The zero-order valence-electron chi connectivity index (χ0n) is 13.2. The molecule has 2 aromatic rings. The fourth-order valence-electron chi connectivity index (χ4n) is 2.28. The number of anilines is 1. The minimum Gasteiger partial charge on any atom is -0.468 e. The Kier molecular flexibility index (Phi) is 5.41. The highest BCUT2D eigenvalue weighted by atomic mass is 19.1. The molecule has 1 aromatic heterocycles. The van der Waals surface area contributed by atoms with Crippen molar-refractivity contribution in [2.45, 2.75) is 12.8 Å². The standard InChI is InChI=1S/C16H16FN3O4/c1-10-7-8-18-15(14(10)20(22)23)19-9-13(16(21)24-2)11-3-5-12(17)6-4-11/h3-8,13H,9H2,1-2H3,(H,18,19). The van der Waals surface area contributed by atoms with Crippen LogP contribution in [-0.2, 0) is 9.53 Å². The van der Waals surface area contributed by atoms with E-state index in [1.165, 1.54) is 43.6 Å². The molecule has 0 aliphatic rings. The van der Waals surface area contributed by atoms with Gasteiger partial charge in [0.25, 0.3) is 0 Å². The summed E-state index contributed by atoms with van der Waals surface area (Å²) in [4.78, 5) is 26.6. The molecule has 1 atom stereocenters. The Labute approximate surface area is 137 Å². The van der Waals surface area contributed by atoms with Gasteiger partial charge in [0.1, 0.15) is 5.82 Å². The number of benzene rings is 1. The summed E-state index contributed by atoms with van der Waals surface area (Å²) in [5.41, 5.74) is 0.833. The molecule has 1 aromatic carbocycles. The van der Waals surface area contributed by atoms with Gasteiger partial charge in [-0.3, -0.25) is 14.9 Å². The van der Waals surface area contributed by atoms with Crippen molar-refractivity contribution in [3.63, 3.8) is 0 Å². The van der Waals surface area contributed by atoms with E-state index in [4.69, 9.17) is 4.74 Å². The molecule has 0 amide bonds. The highest BCUT2D eigenvalue weighted by Crippen LogP contribution is 2.27. The molecule has 1 heterocycles. The smallest absolute Gasteiger partial charge is 0.314 e. The maximum Gasteiger partial charge on any atom is 0.314 e. The number of halogens is 1. The Morgan fingerprint density at radius 1 is 1.38 bits per heavy atom. The maximum atomic E-state index is 13.1. The third kappa shape index (κ3) is 3.83. The molecule has 0 radical (unpaired) electrons. The van der Waals surface area contributed by atoms with Gasteiger partial charge in [0, 0.05) is 18.3 Å². The van der Waals surface area contributed by atoms with Crippen molar-refractivity contribution in [1.29, 1.82) is 0 Å². The number of nitrogens with zero attached hydrogens (tertiary/aromatic N) is 2. The minimum atomic E-state index is -0.752.